The second-order valence-electron chi connectivity index (χ2n) is 7.88. The maximum atomic E-state index is 13.3. The highest BCUT2D eigenvalue weighted by molar-refractivity contribution is 8.13. The van der Waals surface area contributed by atoms with Crippen LogP contribution in [0.3, 0.4) is 0 Å². The summed E-state index contributed by atoms with van der Waals surface area (Å²) >= 11 is 1.05. The summed E-state index contributed by atoms with van der Waals surface area (Å²) < 4.78 is 5.38. The van der Waals surface area contributed by atoms with E-state index in [1.54, 1.807) is 46.0 Å². The summed E-state index contributed by atoms with van der Waals surface area (Å²) in [7, 11) is 1.63. The molecular formula is C22H24N2O4S. The Balaban J connectivity index is 1.95. The molecule has 0 saturated carbocycles. The second-order valence-corrected chi connectivity index (χ2v) is 9.01. The molecule has 0 bridgehead atoms. The maximum Gasteiger partial charge on any atom is 0.408 e. The normalized spacial score (nSPS) is 18.3. The molecule has 2 aromatic rings. The topological polar surface area (TPSA) is 75.7 Å². The van der Waals surface area contributed by atoms with Crippen molar-refractivity contribution in [2.75, 3.05) is 11.9 Å². The third-order valence-corrected chi connectivity index (χ3v) is 5.37. The molecule has 0 fully saturated rings. The molecule has 0 aliphatic carbocycles. The Hall–Kier alpha value is -2.80. The van der Waals surface area contributed by atoms with E-state index in [-0.39, 0.29) is 17.4 Å². The first-order valence-corrected chi connectivity index (χ1v) is 10.1. The zero-order valence-electron chi connectivity index (χ0n) is 16.9. The number of nitrogens with zero attached hydrogens (tertiary/aromatic N) is 1. The van der Waals surface area contributed by atoms with Crippen molar-refractivity contribution in [1.29, 1.82) is 0 Å². The number of para-hydroxylation sites is 1. The summed E-state index contributed by atoms with van der Waals surface area (Å²) in [6.07, 6.45) is -0.931. The van der Waals surface area contributed by atoms with Gasteiger partial charge in [-0.15, -0.1) is 0 Å². The van der Waals surface area contributed by atoms with Crippen molar-refractivity contribution >= 4 is 34.6 Å². The summed E-state index contributed by atoms with van der Waals surface area (Å²) in [5, 5.41) is 2.48. The van der Waals surface area contributed by atoms with E-state index >= 15 is 0 Å². The number of hydrogen-bond donors (Lipinski definition) is 1. The van der Waals surface area contributed by atoms with Crippen molar-refractivity contribution in [2.45, 2.75) is 43.2 Å². The second kappa shape index (κ2) is 7.91. The van der Waals surface area contributed by atoms with E-state index in [1.807, 2.05) is 36.4 Å². The van der Waals surface area contributed by atoms with Gasteiger partial charge in [0, 0.05) is 23.2 Å². The van der Waals surface area contributed by atoms with E-state index in [4.69, 9.17) is 4.74 Å². The van der Waals surface area contributed by atoms with Gasteiger partial charge in [0.2, 0.25) is 0 Å². The molecule has 29 heavy (non-hydrogen) atoms. The van der Waals surface area contributed by atoms with Crippen LogP contribution in [0.15, 0.2) is 59.5 Å². The number of anilines is 1. The van der Waals surface area contributed by atoms with Gasteiger partial charge in [-0.05, 0) is 39.0 Å². The highest BCUT2D eigenvalue weighted by atomic mass is 32.2. The third-order valence-electron chi connectivity index (χ3n) is 4.49. The Kier molecular flexibility index (Phi) is 5.71. The van der Waals surface area contributed by atoms with Gasteiger partial charge in [0.1, 0.15) is 5.60 Å². The van der Waals surface area contributed by atoms with Gasteiger partial charge in [-0.1, -0.05) is 48.2 Å². The molecule has 1 aliphatic rings. The molecule has 7 heteroatoms. The SMILES string of the molecule is CN1C(=O)[C@@](CC(=O)Sc2ccccc2)(NC(=O)OC(C)(C)C)c2ccccc21. The van der Waals surface area contributed by atoms with E-state index in [9.17, 15) is 14.4 Å². The quantitative estimate of drug-likeness (QED) is 0.766. The van der Waals surface area contributed by atoms with Crippen molar-refractivity contribution < 1.29 is 19.1 Å². The van der Waals surface area contributed by atoms with Crippen LogP contribution in [0.4, 0.5) is 10.5 Å². The fourth-order valence-electron chi connectivity index (χ4n) is 3.32. The molecule has 0 unspecified atom stereocenters. The van der Waals surface area contributed by atoms with Gasteiger partial charge in [-0.2, -0.15) is 0 Å². The number of thioether (sulfide) groups is 1. The molecule has 1 N–H and O–H groups in total. The lowest BCUT2D eigenvalue weighted by molar-refractivity contribution is -0.127. The first-order valence-electron chi connectivity index (χ1n) is 9.27. The van der Waals surface area contributed by atoms with Crippen molar-refractivity contribution in [3.05, 3.63) is 60.2 Å². The smallest absolute Gasteiger partial charge is 0.408 e. The van der Waals surface area contributed by atoms with Crippen molar-refractivity contribution in [1.82, 2.24) is 5.32 Å². The average molecular weight is 413 g/mol. The standard InChI is InChI=1S/C22H24N2O4S/c1-21(2,3)28-20(27)23-22(14-18(25)29-15-10-6-5-7-11-15)16-12-8-9-13-17(16)24(4)19(22)26/h5-13H,14H2,1-4H3,(H,23,27)/t22-/m0/s1. The van der Waals surface area contributed by atoms with Crippen LogP contribution < -0.4 is 10.2 Å². The van der Waals surface area contributed by atoms with Gasteiger partial charge in [0.05, 0.1) is 6.42 Å². The molecule has 2 aromatic carbocycles. The van der Waals surface area contributed by atoms with Crippen molar-refractivity contribution in [3.63, 3.8) is 0 Å². The minimum Gasteiger partial charge on any atom is -0.444 e. The van der Waals surface area contributed by atoms with Gasteiger partial charge < -0.3 is 15.0 Å². The van der Waals surface area contributed by atoms with Crippen LogP contribution in [0, 0.1) is 0 Å². The lowest BCUT2D eigenvalue weighted by atomic mass is 9.88. The Morgan fingerprint density at radius 3 is 2.34 bits per heavy atom. The maximum absolute atomic E-state index is 13.3. The predicted octanol–water partition coefficient (Wildman–Crippen LogP) is 4.09. The fourth-order valence-corrected chi connectivity index (χ4v) is 4.17. The molecule has 1 aliphatic heterocycles. The van der Waals surface area contributed by atoms with Gasteiger partial charge in [0.25, 0.3) is 5.91 Å². The monoisotopic (exact) mass is 412 g/mol. The first kappa shape index (κ1) is 20.9. The number of amides is 2. The van der Waals surface area contributed by atoms with E-state index in [2.05, 4.69) is 5.32 Å². The molecule has 6 nitrogen and oxygen atoms in total. The Bertz CT molecular complexity index is 939. The number of rotatable bonds is 4. The Morgan fingerprint density at radius 1 is 1.07 bits per heavy atom. The zero-order chi connectivity index (χ0) is 21.2. The van der Waals surface area contributed by atoms with Gasteiger partial charge in [-0.25, -0.2) is 4.79 Å². The van der Waals surface area contributed by atoms with Crippen LogP contribution >= 0.6 is 11.8 Å². The lowest BCUT2D eigenvalue weighted by Crippen LogP contribution is -2.54. The summed E-state index contributed by atoms with van der Waals surface area (Å²) in [5.41, 5.74) is -1.00. The number of alkyl carbamates (subject to hydrolysis) is 1. The van der Waals surface area contributed by atoms with Crippen LogP contribution in [-0.4, -0.2) is 29.8 Å². The Labute approximate surface area is 174 Å². The first-order chi connectivity index (χ1) is 13.6. The van der Waals surface area contributed by atoms with Crippen LogP contribution in [0.2, 0.25) is 0 Å². The number of nitrogens with one attached hydrogen (secondary N) is 1. The third kappa shape index (κ3) is 4.45. The molecule has 0 spiro atoms. The number of carbonyl (C=O) groups excluding carboxylic acids is 3. The molecule has 2 amide bonds. The van der Waals surface area contributed by atoms with Crippen molar-refractivity contribution in [3.8, 4) is 0 Å². The zero-order valence-corrected chi connectivity index (χ0v) is 17.7. The summed E-state index contributed by atoms with van der Waals surface area (Å²) in [6, 6.07) is 16.3. The van der Waals surface area contributed by atoms with E-state index < -0.39 is 17.2 Å². The van der Waals surface area contributed by atoms with Gasteiger partial charge in [0.15, 0.2) is 10.7 Å². The predicted molar refractivity (Wildman–Crippen MR) is 113 cm³/mol. The minimum atomic E-state index is -1.51. The van der Waals surface area contributed by atoms with Crippen LogP contribution in [0.25, 0.3) is 0 Å². The molecule has 3 rings (SSSR count). The van der Waals surface area contributed by atoms with E-state index in [1.165, 1.54) is 4.90 Å². The number of ether oxygens (including phenoxy) is 1. The Morgan fingerprint density at radius 2 is 1.69 bits per heavy atom. The lowest BCUT2D eigenvalue weighted by Gasteiger charge is -2.30. The highest BCUT2D eigenvalue weighted by Crippen LogP contribution is 2.43. The minimum absolute atomic E-state index is 0.189. The summed E-state index contributed by atoms with van der Waals surface area (Å²) in [5.74, 6) is -0.369. The highest BCUT2D eigenvalue weighted by Gasteiger charge is 2.52. The number of hydrogen-bond acceptors (Lipinski definition) is 5. The van der Waals surface area contributed by atoms with Crippen molar-refractivity contribution in [2.24, 2.45) is 0 Å². The number of fused-ring (bicyclic) bond motifs is 1. The number of benzene rings is 2. The number of carbonyl (C=O) groups is 3. The molecule has 1 atom stereocenters. The summed E-state index contributed by atoms with van der Waals surface area (Å²) in [6.45, 7) is 5.23. The van der Waals surface area contributed by atoms with Crippen LogP contribution in [0.5, 0.6) is 0 Å². The van der Waals surface area contributed by atoms with E-state index in [0.29, 0.717) is 11.3 Å². The molecule has 0 radical (unpaired) electrons. The number of likely N-dealkylation sites (N-methyl/N-ethyl adjacent to an activating group) is 1. The molecule has 152 valence electrons. The molecular weight excluding hydrogens is 388 g/mol. The fraction of sp³-hybridized carbons (Fsp3) is 0.318. The largest absolute Gasteiger partial charge is 0.444 e. The van der Waals surface area contributed by atoms with Crippen LogP contribution in [-0.2, 0) is 19.9 Å². The van der Waals surface area contributed by atoms with E-state index in [0.717, 1.165) is 16.7 Å². The average Bonchev–Trinajstić information content (AvgIpc) is 2.83. The van der Waals surface area contributed by atoms with Gasteiger partial charge in [-0.3, -0.25) is 9.59 Å². The van der Waals surface area contributed by atoms with Crippen LogP contribution in [0.1, 0.15) is 32.8 Å². The molecule has 0 saturated heterocycles. The molecule has 1 heterocycles. The summed E-state index contributed by atoms with van der Waals surface area (Å²) in [4.78, 5) is 41.0. The van der Waals surface area contributed by atoms with Gasteiger partial charge >= 0.3 is 6.09 Å². The molecule has 0 aromatic heterocycles.